The molecule has 0 amide bonds. The molecule has 0 bridgehead atoms. The van der Waals surface area contributed by atoms with Crippen molar-refractivity contribution >= 4 is 46.9 Å². The molecule has 0 saturated heterocycles. The fourth-order valence-electron chi connectivity index (χ4n) is 3.93. The standard InChI is InChI=1S/C23H21N3O2S/c1-10-8-11(2)21(12(3)19(10)24)26-15-9-16(29)20(25)18-17(15)22(27)13-6-4-5-7-14(13)23(18)28/h4-9,26,29H,24-25H2,1-3H3. The summed E-state index contributed by atoms with van der Waals surface area (Å²) in [5, 5.41) is 3.33. The molecule has 6 heteroatoms. The lowest BCUT2D eigenvalue weighted by Gasteiger charge is -2.24. The second kappa shape index (κ2) is 6.67. The summed E-state index contributed by atoms with van der Waals surface area (Å²) in [6.07, 6.45) is 0. The molecule has 1 aliphatic carbocycles. The van der Waals surface area contributed by atoms with Crippen LogP contribution in [-0.2, 0) is 0 Å². The molecule has 0 heterocycles. The molecule has 29 heavy (non-hydrogen) atoms. The summed E-state index contributed by atoms with van der Waals surface area (Å²) in [4.78, 5) is 26.9. The molecule has 0 aliphatic heterocycles. The zero-order chi connectivity index (χ0) is 21.0. The quantitative estimate of drug-likeness (QED) is 0.290. The van der Waals surface area contributed by atoms with Gasteiger partial charge in [0.15, 0.2) is 11.6 Å². The van der Waals surface area contributed by atoms with Gasteiger partial charge < -0.3 is 16.8 Å². The summed E-state index contributed by atoms with van der Waals surface area (Å²) in [7, 11) is 0. The highest BCUT2D eigenvalue weighted by atomic mass is 32.1. The van der Waals surface area contributed by atoms with Gasteiger partial charge in [-0.25, -0.2) is 0 Å². The topological polar surface area (TPSA) is 98.2 Å². The maximum atomic E-state index is 13.3. The van der Waals surface area contributed by atoms with Crippen molar-refractivity contribution in [1.29, 1.82) is 0 Å². The van der Waals surface area contributed by atoms with Crippen molar-refractivity contribution in [3.63, 3.8) is 0 Å². The molecule has 0 atom stereocenters. The second-order valence-electron chi connectivity index (χ2n) is 7.36. The average Bonchev–Trinajstić information content (AvgIpc) is 2.70. The number of rotatable bonds is 2. The molecule has 0 unspecified atom stereocenters. The van der Waals surface area contributed by atoms with Crippen molar-refractivity contribution in [3.8, 4) is 0 Å². The van der Waals surface area contributed by atoms with E-state index in [4.69, 9.17) is 11.5 Å². The molecular formula is C23H21N3O2S. The molecule has 0 radical (unpaired) electrons. The molecular weight excluding hydrogens is 382 g/mol. The van der Waals surface area contributed by atoms with E-state index in [0.717, 1.165) is 22.4 Å². The average molecular weight is 404 g/mol. The Balaban J connectivity index is 1.97. The Morgan fingerprint density at radius 3 is 2.03 bits per heavy atom. The fraction of sp³-hybridized carbons (Fsp3) is 0.130. The predicted octanol–water partition coefficient (Wildman–Crippen LogP) is 4.58. The lowest BCUT2D eigenvalue weighted by atomic mass is 9.82. The largest absolute Gasteiger partial charge is 0.398 e. The van der Waals surface area contributed by atoms with Gasteiger partial charge in [0, 0.05) is 27.4 Å². The predicted molar refractivity (Wildman–Crippen MR) is 120 cm³/mol. The number of fused-ring (bicyclic) bond motifs is 2. The maximum Gasteiger partial charge on any atom is 0.196 e. The summed E-state index contributed by atoms with van der Waals surface area (Å²) in [5.74, 6) is -0.517. The number of nitrogen functional groups attached to an aromatic ring is 2. The number of hydrogen-bond donors (Lipinski definition) is 4. The van der Waals surface area contributed by atoms with Crippen molar-refractivity contribution < 1.29 is 9.59 Å². The number of nitrogens with two attached hydrogens (primary N) is 2. The molecule has 4 rings (SSSR count). The normalized spacial score (nSPS) is 12.6. The van der Waals surface area contributed by atoms with Crippen LogP contribution in [0.15, 0.2) is 41.3 Å². The molecule has 5 N–H and O–H groups in total. The Kier molecular flexibility index (Phi) is 4.39. The highest BCUT2D eigenvalue weighted by Gasteiger charge is 2.34. The third-order valence-electron chi connectivity index (χ3n) is 5.51. The van der Waals surface area contributed by atoms with Gasteiger partial charge >= 0.3 is 0 Å². The highest BCUT2D eigenvalue weighted by Crippen LogP contribution is 2.41. The van der Waals surface area contributed by atoms with E-state index in [-0.39, 0.29) is 28.4 Å². The number of carbonyl (C=O) groups excluding carboxylic acids is 2. The Labute approximate surface area is 174 Å². The number of ketones is 2. The van der Waals surface area contributed by atoms with Gasteiger partial charge in [-0.2, -0.15) is 0 Å². The van der Waals surface area contributed by atoms with Crippen LogP contribution in [-0.4, -0.2) is 11.6 Å². The van der Waals surface area contributed by atoms with E-state index in [2.05, 4.69) is 17.9 Å². The van der Waals surface area contributed by atoms with Crippen LogP contribution in [0.2, 0.25) is 0 Å². The van der Waals surface area contributed by atoms with E-state index < -0.39 is 0 Å². The molecule has 0 saturated carbocycles. The van der Waals surface area contributed by atoms with Crippen molar-refractivity contribution in [3.05, 3.63) is 75.3 Å². The molecule has 3 aromatic rings. The van der Waals surface area contributed by atoms with Crippen molar-refractivity contribution in [2.75, 3.05) is 16.8 Å². The minimum absolute atomic E-state index is 0.194. The number of thiol groups is 1. The van der Waals surface area contributed by atoms with Crippen molar-refractivity contribution in [2.24, 2.45) is 0 Å². The van der Waals surface area contributed by atoms with E-state index in [9.17, 15) is 9.59 Å². The van der Waals surface area contributed by atoms with Crippen LogP contribution in [0, 0.1) is 20.8 Å². The summed E-state index contributed by atoms with van der Waals surface area (Å²) < 4.78 is 0. The third-order valence-corrected chi connectivity index (χ3v) is 5.88. The number of hydrogen-bond acceptors (Lipinski definition) is 6. The van der Waals surface area contributed by atoms with E-state index >= 15 is 0 Å². The molecule has 0 spiro atoms. The van der Waals surface area contributed by atoms with Gasteiger partial charge in [-0.15, -0.1) is 12.6 Å². The van der Waals surface area contributed by atoms with Gasteiger partial charge in [0.25, 0.3) is 0 Å². The van der Waals surface area contributed by atoms with Crippen LogP contribution >= 0.6 is 12.6 Å². The first-order valence-electron chi connectivity index (χ1n) is 9.19. The van der Waals surface area contributed by atoms with Crippen LogP contribution < -0.4 is 16.8 Å². The third kappa shape index (κ3) is 2.79. The van der Waals surface area contributed by atoms with E-state index in [1.165, 1.54) is 0 Å². The minimum atomic E-state index is -0.275. The van der Waals surface area contributed by atoms with E-state index in [0.29, 0.717) is 27.4 Å². The number of nitrogens with one attached hydrogen (secondary N) is 1. The Morgan fingerprint density at radius 1 is 0.828 bits per heavy atom. The first-order valence-corrected chi connectivity index (χ1v) is 9.64. The van der Waals surface area contributed by atoms with Crippen molar-refractivity contribution in [2.45, 2.75) is 25.7 Å². The number of benzene rings is 3. The highest BCUT2D eigenvalue weighted by molar-refractivity contribution is 7.80. The summed E-state index contributed by atoms with van der Waals surface area (Å²) >= 11 is 4.44. The first kappa shape index (κ1) is 19.1. The van der Waals surface area contributed by atoms with Gasteiger partial charge in [-0.1, -0.05) is 30.3 Å². The van der Waals surface area contributed by atoms with Gasteiger partial charge in [0.2, 0.25) is 0 Å². The number of aryl methyl sites for hydroxylation is 2. The zero-order valence-corrected chi connectivity index (χ0v) is 17.3. The van der Waals surface area contributed by atoms with Crippen LogP contribution in [0.25, 0.3) is 0 Å². The Bertz CT molecular complexity index is 1230. The first-order chi connectivity index (χ1) is 13.7. The summed E-state index contributed by atoms with van der Waals surface area (Å²) in [5.41, 5.74) is 18.6. The van der Waals surface area contributed by atoms with E-state index in [1.54, 1.807) is 30.3 Å². The minimum Gasteiger partial charge on any atom is -0.398 e. The molecule has 0 fully saturated rings. The molecule has 5 nitrogen and oxygen atoms in total. The lowest BCUT2D eigenvalue weighted by Crippen LogP contribution is -2.24. The molecule has 146 valence electrons. The van der Waals surface area contributed by atoms with Crippen LogP contribution in [0.1, 0.15) is 48.5 Å². The van der Waals surface area contributed by atoms with Gasteiger partial charge in [0.05, 0.1) is 22.5 Å². The smallest absolute Gasteiger partial charge is 0.196 e. The second-order valence-corrected chi connectivity index (χ2v) is 7.84. The van der Waals surface area contributed by atoms with Gasteiger partial charge in [-0.3, -0.25) is 9.59 Å². The molecule has 3 aromatic carbocycles. The number of carbonyl (C=O) groups is 2. The van der Waals surface area contributed by atoms with Gasteiger partial charge in [0.1, 0.15) is 0 Å². The monoisotopic (exact) mass is 403 g/mol. The Hall–Kier alpha value is -3.25. The maximum absolute atomic E-state index is 13.3. The SMILES string of the molecule is Cc1cc(C)c(Nc2cc(S)c(N)c3c2C(=O)c2ccccc2C3=O)c(C)c1N. The van der Waals surface area contributed by atoms with Crippen molar-refractivity contribution in [1.82, 2.24) is 0 Å². The Morgan fingerprint density at radius 2 is 1.41 bits per heavy atom. The summed E-state index contributed by atoms with van der Waals surface area (Å²) in [6.45, 7) is 5.84. The van der Waals surface area contributed by atoms with Crippen LogP contribution in [0.5, 0.6) is 0 Å². The lowest BCUT2D eigenvalue weighted by molar-refractivity contribution is 0.0980. The zero-order valence-electron chi connectivity index (χ0n) is 16.4. The molecule has 1 aliphatic rings. The van der Waals surface area contributed by atoms with E-state index in [1.807, 2.05) is 26.8 Å². The van der Waals surface area contributed by atoms with Gasteiger partial charge in [-0.05, 0) is 43.5 Å². The summed E-state index contributed by atoms with van der Waals surface area (Å²) in [6, 6.07) is 10.5. The van der Waals surface area contributed by atoms with Crippen LogP contribution in [0.3, 0.4) is 0 Å². The number of anilines is 4. The molecule has 0 aromatic heterocycles. The fourth-order valence-corrected chi connectivity index (χ4v) is 4.17. The van der Waals surface area contributed by atoms with Crippen LogP contribution in [0.4, 0.5) is 22.7 Å².